The molecule has 12 rings (SSSR count). The van der Waals surface area contributed by atoms with E-state index in [1.165, 1.54) is 66.0 Å². The van der Waals surface area contributed by atoms with Crippen LogP contribution in [-0.4, -0.2) is 19.3 Å². The van der Waals surface area contributed by atoms with Gasteiger partial charge in [-0.3, -0.25) is 4.57 Å². The Bertz CT molecular complexity index is 3580. The molecule has 0 saturated carbocycles. The van der Waals surface area contributed by atoms with Gasteiger partial charge in [0.25, 0.3) is 0 Å². The van der Waals surface area contributed by atoms with Gasteiger partial charge in [0.2, 0.25) is 0 Å². The molecule has 0 aliphatic rings. The normalized spacial score (nSPS) is 11.4. The van der Waals surface area contributed by atoms with Crippen LogP contribution in [-0.2, 0) is 0 Å². The van der Waals surface area contributed by atoms with Crippen LogP contribution in [0.5, 0.6) is 0 Å². The van der Waals surface area contributed by atoms with Gasteiger partial charge in [-0.1, -0.05) is 200 Å². The van der Waals surface area contributed by atoms with Crippen LogP contribution < -0.4 is 0 Å². The molecule has 0 radical (unpaired) electrons. The molecule has 0 saturated heterocycles. The smallest absolute Gasteiger partial charge is 0.168 e. The Kier molecular flexibility index (Phi) is 9.12. The Morgan fingerprint density at radius 1 is 0.250 bits per heavy atom. The van der Waals surface area contributed by atoms with Gasteiger partial charge in [0.1, 0.15) is 0 Å². The van der Waals surface area contributed by atoms with Crippen molar-refractivity contribution < 1.29 is 0 Å². The third kappa shape index (κ3) is 6.48. The molecule has 4 heteroatoms. The fraction of sp³-hybridized carbons (Fsp3) is 0. The van der Waals surface area contributed by atoms with Gasteiger partial charge in [-0.2, -0.15) is 0 Å². The van der Waals surface area contributed by atoms with Crippen molar-refractivity contribution >= 4 is 32.6 Å². The van der Waals surface area contributed by atoms with Crippen molar-refractivity contribution in [3.63, 3.8) is 0 Å². The van der Waals surface area contributed by atoms with E-state index in [2.05, 4.69) is 234 Å². The summed E-state index contributed by atoms with van der Waals surface area (Å²) < 4.78 is 4.54. The summed E-state index contributed by atoms with van der Waals surface area (Å²) >= 11 is 0. The predicted molar refractivity (Wildman–Crippen MR) is 266 cm³/mol. The summed E-state index contributed by atoms with van der Waals surface area (Å²) in [5, 5.41) is 14.6. The molecule has 0 bridgehead atoms. The van der Waals surface area contributed by atoms with Gasteiger partial charge in [0.15, 0.2) is 11.6 Å². The van der Waals surface area contributed by atoms with E-state index < -0.39 is 0 Å². The van der Waals surface area contributed by atoms with Crippen LogP contribution in [0.2, 0.25) is 0 Å². The third-order valence-electron chi connectivity index (χ3n) is 12.5. The Morgan fingerprint density at radius 2 is 0.656 bits per heavy atom. The molecule has 0 atom stereocenters. The van der Waals surface area contributed by atoms with E-state index in [1.807, 2.05) is 18.2 Å². The number of nitrogens with zero attached hydrogens (tertiary/aromatic N) is 4. The molecule has 0 N–H and O–H groups in total. The monoisotopic (exact) mass is 816 g/mol. The third-order valence-corrected chi connectivity index (χ3v) is 12.5. The van der Waals surface area contributed by atoms with Crippen LogP contribution in [0.15, 0.2) is 243 Å². The lowest BCUT2D eigenvalue weighted by atomic mass is 9.89. The van der Waals surface area contributed by atoms with Gasteiger partial charge < -0.3 is 4.57 Å². The minimum Gasteiger partial charge on any atom is -0.309 e. The van der Waals surface area contributed by atoms with E-state index in [0.29, 0.717) is 0 Å². The molecule has 2 aromatic heterocycles. The standard InChI is InChI=1S/C60H40N4/c1-2-15-45(16-3-1)59-61-62-60(64(59)50-36-32-42(33-37-50)48-31-26-41-14-4-5-17-47(41)40-48)46-29-27-43(28-30-46)51-18-6-8-20-53(51)54-21-9-7-19-52(54)44-34-38-49(39-35-44)63-57-24-12-10-22-55(57)56-23-11-13-25-58(56)63/h1-40H. The van der Waals surface area contributed by atoms with Crippen LogP contribution in [0.3, 0.4) is 0 Å². The van der Waals surface area contributed by atoms with E-state index in [4.69, 9.17) is 10.2 Å². The molecule has 64 heavy (non-hydrogen) atoms. The number of hydrogen-bond donors (Lipinski definition) is 0. The summed E-state index contributed by atoms with van der Waals surface area (Å²) in [6.07, 6.45) is 0. The maximum absolute atomic E-state index is 4.83. The van der Waals surface area contributed by atoms with Crippen LogP contribution in [0, 0.1) is 0 Å². The highest BCUT2D eigenvalue weighted by Crippen LogP contribution is 2.40. The first-order valence-electron chi connectivity index (χ1n) is 21.7. The first-order valence-corrected chi connectivity index (χ1v) is 21.7. The van der Waals surface area contributed by atoms with E-state index in [-0.39, 0.29) is 0 Å². The zero-order valence-corrected chi connectivity index (χ0v) is 34.9. The molecule has 0 fully saturated rings. The van der Waals surface area contributed by atoms with E-state index >= 15 is 0 Å². The molecule has 2 heterocycles. The summed E-state index contributed by atoms with van der Waals surface area (Å²) in [4.78, 5) is 0. The largest absolute Gasteiger partial charge is 0.309 e. The Hall–Kier alpha value is -8.60. The van der Waals surface area contributed by atoms with Crippen molar-refractivity contribution in [2.75, 3.05) is 0 Å². The molecular weight excluding hydrogens is 777 g/mol. The highest BCUT2D eigenvalue weighted by atomic mass is 15.3. The summed E-state index contributed by atoms with van der Waals surface area (Å²) in [6.45, 7) is 0. The molecule has 12 aromatic rings. The Morgan fingerprint density at radius 3 is 1.25 bits per heavy atom. The second-order valence-corrected chi connectivity index (χ2v) is 16.2. The van der Waals surface area contributed by atoms with Crippen molar-refractivity contribution in [1.82, 2.24) is 19.3 Å². The second-order valence-electron chi connectivity index (χ2n) is 16.2. The van der Waals surface area contributed by atoms with Gasteiger partial charge >= 0.3 is 0 Å². The zero-order valence-electron chi connectivity index (χ0n) is 34.9. The van der Waals surface area contributed by atoms with Crippen molar-refractivity contribution in [2.45, 2.75) is 0 Å². The van der Waals surface area contributed by atoms with Crippen LogP contribution in [0.4, 0.5) is 0 Å². The molecule has 4 nitrogen and oxygen atoms in total. The molecule has 0 amide bonds. The highest BCUT2D eigenvalue weighted by Gasteiger charge is 2.19. The minimum absolute atomic E-state index is 0.784. The number of fused-ring (bicyclic) bond motifs is 4. The average Bonchev–Trinajstić information content (AvgIpc) is 3.97. The topological polar surface area (TPSA) is 35.6 Å². The van der Waals surface area contributed by atoms with Crippen LogP contribution >= 0.6 is 0 Å². The summed E-state index contributed by atoms with van der Waals surface area (Å²) in [6, 6.07) is 86.7. The van der Waals surface area contributed by atoms with Crippen molar-refractivity contribution in [3.8, 4) is 78.7 Å². The number of benzene rings is 10. The number of para-hydroxylation sites is 2. The summed E-state index contributed by atoms with van der Waals surface area (Å²) in [5.74, 6) is 1.58. The lowest BCUT2D eigenvalue weighted by Gasteiger charge is -2.16. The van der Waals surface area contributed by atoms with Crippen LogP contribution in [0.1, 0.15) is 0 Å². The average molecular weight is 817 g/mol. The Labute approximate surface area is 371 Å². The van der Waals surface area contributed by atoms with Gasteiger partial charge in [-0.25, -0.2) is 0 Å². The SMILES string of the molecule is c1ccc(-c2nnc(-c3ccc(-c4ccccc4-c4ccccc4-c4ccc(-n5c6ccccc6c6ccccc65)cc4)cc3)n2-c2ccc(-c3ccc4ccccc4c3)cc2)cc1. The van der Waals surface area contributed by atoms with Crippen molar-refractivity contribution in [2.24, 2.45) is 0 Å². The number of aromatic nitrogens is 4. The maximum atomic E-state index is 4.83. The van der Waals surface area contributed by atoms with Crippen LogP contribution in [0.25, 0.3) is 111 Å². The fourth-order valence-corrected chi connectivity index (χ4v) is 9.39. The van der Waals surface area contributed by atoms with Gasteiger partial charge in [0.05, 0.1) is 11.0 Å². The van der Waals surface area contributed by atoms with E-state index in [1.54, 1.807) is 0 Å². The summed E-state index contributed by atoms with van der Waals surface area (Å²) in [7, 11) is 0. The lowest BCUT2D eigenvalue weighted by Crippen LogP contribution is -2.00. The first-order chi connectivity index (χ1) is 31.7. The molecule has 0 aliphatic heterocycles. The number of rotatable bonds is 8. The van der Waals surface area contributed by atoms with E-state index in [0.717, 1.165) is 45.3 Å². The quantitative estimate of drug-likeness (QED) is 0.153. The van der Waals surface area contributed by atoms with Gasteiger partial charge in [0, 0.05) is 33.3 Å². The van der Waals surface area contributed by atoms with Crippen molar-refractivity contribution in [1.29, 1.82) is 0 Å². The van der Waals surface area contributed by atoms with Gasteiger partial charge in [-0.05, 0) is 97.7 Å². The molecule has 0 aliphatic carbocycles. The predicted octanol–water partition coefficient (Wildman–Crippen LogP) is 15.5. The molecule has 10 aromatic carbocycles. The molecule has 300 valence electrons. The lowest BCUT2D eigenvalue weighted by molar-refractivity contribution is 1.07. The highest BCUT2D eigenvalue weighted by molar-refractivity contribution is 6.09. The number of hydrogen-bond acceptors (Lipinski definition) is 2. The first kappa shape index (κ1) is 37.2. The van der Waals surface area contributed by atoms with Crippen molar-refractivity contribution in [3.05, 3.63) is 243 Å². The molecular formula is C60H40N4. The van der Waals surface area contributed by atoms with Gasteiger partial charge in [-0.15, -0.1) is 10.2 Å². The van der Waals surface area contributed by atoms with E-state index in [9.17, 15) is 0 Å². The maximum Gasteiger partial charge on any atom is 0.168 e. The summed E-state index contributed by atoms with van der Waals surface area (Å²) in [5.41, 5.74) is 15.9. The zero-order chi connectivity index (χ0) is 42.4. The molecule has 0 unspecified atom stereocenters. The Balaban J connectivity index is 0.887. The second kappa shape index (κ2) is 15.7. The molecule has 0 spiro atoms. The minimum atomic E-state index is 0.784. The fourth-order valence-electron chi connectivity index (χ4n) is 9.39.